The number of likely N-dealkylation sites (N-methyl/N-ethyl adjacent to an activating group) is 1. The van der Waals surface area contributed by atoms with Crippen molar-refractivity contribution < 1.29 is 9.59 Å². The molecule has 0 saturated heterocycles. The van der Waals surface area contributed by atoms with Gasteiger partial charge in [0, 0.05) is 12.7 Å². The van der Waals surface area contributed by atoms with Crippen molar-refractivity contribution in [2.45, 2.75) is 0 Å². The van der Waals surface area contributed by atoms with Crippen LogP contribution in [0.2, 0.25) is 0 Å². The second-order valence-electron chi connectivity index (χ2n) is 2.80. The fourth-order valence-corrected chi connectivity index (χ4v) is 0.909. The molecule has 0 unspecified atom stereocenters. The third-order valence-corrected chi connectivity index (χ3v) is 1.67. The Labute approximate surface area is 82.5 Å². The lowest BCUT2D eigenvalue weighted by Gasteiger charge is -2.14. The highest BCUT2D eigenvalue weighted by molar-refractivity contribution is 5.90. The molecule has 0 aliphatic heterocycles. The minimum Gasteiger partial charge on any atom is -0.320 e. The minimum atomic E-state index is -0.320. The number of hydrogen-bond acceptors (Lipinski definition) is 2. The molecule has 1 N–H and O–H groups in total. The van der Waals surface area contributed by atoms with Gasteiger partial charge in [-0.2, -0.15) is 0 Å². The second kappa shape index (κ2) is 5.01. The molecule has 0 aliphatic rings. The van der Waals surface area contributed by atoms with Gasteiger partial charge in [0.1, 0.15) is 0 Å². The highest BCUT2D eigenvalue weighted by Gasteiger charge is 2.06. The van der Waals surface area contributed by atoms with Gasteiger partial charge in [-0.05, 0) is 12.1 Å². The zero-order valence-corrected chi connectivity index (χ0v) is 7.86. The van der Waals surface area contributed by atoms with E-state index in [-0.39, 0.29) is 12.6 Å². The number of nitrogens with one attached hydrogen (secondary N) is 1. The Hall–Kier alpha value is -1.84. The van der Waals surface area contributed by atoms with Gasteiger partial charge in [-0.15, -0.1) is 0 Å². The summed E-state index contributed by atoms with van der Waals surface area (Å²) in [5, 5.41) is 2.63. The summed E-state index contributed by atoms with van der Waals surface area (Å²) in [5.74, 6) is 0. The molecular formula is C10H11N2O2. The molecule has 0 saturated carbocycles. The standard InChI is InChI=1S/C10H11N2O2/c1-12(7-8-13)10(14)11-9-5-3-2-4-6-9/h2-6H,7H2,1H3,(H,11,14). The van der Waals surface area contributed by atoms with E-state index >= 15 is 0 Å². The first-order chi connectivity index (χ1) is 6.74. The van der Waals surface area contributed by atoms with Gasteiger partial charge in [0.25, 0.3) is 0 Å². The highest BCUT2D eigenvalue weighted by atomic mass is 16.2. The van der Waals surface area contributed by atoms with Crippen molar-refractivity contribution in [3.63, 3.8) is 0 Å². The molecule has 0 fully saturated rings. The molecule has 14 heavy (non-hydrogen) atoms. The maximum absolute atomic E-state index is 11.3. The lowest BCUT2D eigenvalue weighted by Crippen LogP contribution is -2.32. The van der Waals surface area contributed by atoms with E-state index in [4.69, 9.17) is 0 Å². The average Bonchev–Trinajstić information content (AvgIpc) is 2.19. The lowest BCUT2D eigenvalue weighted by molar-refractivity contribution is 0.227. The van der Waals surface area contributed by atoms with Crippen LogP contribution in [0.25, 0.3) is 0 Å². The highest BCUT2D eigenvalue weighted by Crippen LogP contribution is 2.05. The van der Waals surface area contributed by atoms with Crippen molar-refractivity contribution in [3.8, 4) is 0 Å². The van der Waals surface area contributed by atoms with Crippen LogP contribution < -0.4 is 5.32 Å². The predicted molar refractivity (Wildman–Crippen MR) is 53.8 cm³/mol. The van der Waals surface area contributed by atoms with Gasteiger partial charge >= 0.3 is 6.03 Å². The van der Waals surface area contributed by atoms with Gasteiger partial charge in [0.15, 0.2) is 0 Å². The van der Waals surface area contributed by atoms with E-state index in [2.05, 4.69) is 5.32 Å². The molecule has 73 valence electrons. The maximum Gasteiger partial charge on any atom is 0.321 e. The number of anilines is 1. The number of rotatable bonds is 3. The topological polar surface area (TPSA) is 49.4 Å². The second-order valence-corrected chi connectivity index (χ2v) is 2.80. The van der Waals surface area contributed by atoms with Crippen LogP contribution in [0, 0.1) is 0 Å². The van der Waals surface area contributed by atoms with Gasteiger partial charge in [-0.3, -0.25) is 4.79 Å². The third-order valence-electron chi connectivity index (χ3n) is 1.67. The monoisotopic (exact) mass is 191 g/mol. The van der Waals surface area contributed by atoms with E-state index in [1.54, 1.807) is 18.4 Å². The average molecular weight is 191 g/mol. The van der Waals surface area contributed by atoms with Crippen molar-refractivity contribution >= 4 is 18.0 Å². The summed E-state index contributed by atoms with van der Waals surface area (Å²) in [6.45, 7) is -0.0291. The van der Waals surface area contributed by atoms with E-state index in [1.807, 2.05) is 18.2 Å². The maximum atomic E-state index is 11.3. The molecule has 1 radical (unpaired) electrons. The molecule has 0 aliphatic carbocycles. The molecule has 0 bridgehead atoms. The van der Waals surface area contributed by atoms with Crippen molar-refractivity contribution in [1.29, 1.82) is 0 Å². The number of carbonyl (C=O) groups excluding carboxylic acids is 2. The van der Waals surface area contributed by atoms with Crippen LogP contribution in [0.15, 0.2) is 30.3 Å². The number of amides is 2. The Morgan fingerprint density at radius 2 is 2.07 bits per heavy atom. The van der Waals surface area contributed by atoms with Gasteiger partial charge < -0.3 is 10.2 Å². The van der Waals surface area contributed by atoms with Crippen LogP contribution in [-0.4, -0.2) is 30.8 Å². The summed E-state index contributed by atoms with van der Waals surface area (Å²) in [5.41, 5.74) is 0.704. The van der Waals surface area contributed by atoms with E-state index < -0.39 is 0 Å². The molecule has 1 aromatic rings. The molecule has 4 nitrogen and oxygen atoms in total. The van der Waals surface area contributed by atoms with Crippen LogP contribution in [0.1, 0.15) is 0 Å². The molecule has 0 heterocycles. The largest absolute Gasteiger partial charge is 0.321 e. The first-order valence-corrected chi connectivity index (χ1v) is 4.16. The molecule has 1 rings (SSSR count). The third kappa shape index (κ3) is 2.90. The number of urea groups is 1. The van der Waals surface area contributed by atoms with Crippen LogP contribution in [0.5, 0.6) is 0 Å². The van der Waals surface area contributed by atoms with E-state index in [9.17, 15) is 9.59 Å². The van der Waals surface area contributed by atoms with E-state index in [1.165, 1.54) is 11.9 Å². The van der Waals surface area contributed by atoms with E-state index in [0.29, 0.717) is 5.69 Å². The molecule has 2 amide bonds. The first kappa shape index (κ1) is 10.2. The van der Waals surface area contributed by atoms with Gasteiger partial charge in [0.05, 0.1) is 6.54 Å². The SMILES string of the molecule is CN(C[C]=O)C(=O)Nc1ccccc1. The summed E-state index contributed by atoms with van der Waals surface area (Å²) in [7, 11) is 1.53. The Morgan fingerprint density at radius 1 is 1.43 bits per heavy atom. The first-order valence-electron chi connectivity index (χ1n) is 4.16. The van der Waals surface area contributed by atoms with Crippen molar-refractivity contribution in [2.75, 3.05) is 18.9 Å². The van der Waals surface area contributed by atoms with Crippen LogP contribution >= 0.6 is 0 Å². The van der Waals surface area contributed by atoms with Crippen LogP contribution in [0.3, 0.4) is 0 Å². The summed E-state index contributed by atoms with van der Waals surface area (Å²) in [6.07, 6.45) is 1.65. The summed E-state index contributed by atoms with van der Waals surface area (Å²) in [6, 6.07) is 8.73. The van der Waals surface area contributed by atoms with Crippen molar-refractivity contribution in [1.82, 2.24) is 4.90 Å². The number of para-hydroxylation sites is 1. The summed E-state index contributed by atoms with van der Waals surface area (Å²) < 4.78 is 0. The Morgan fingerprint density at radius 3 is 2.64 bits per heavy atom. The van der Waals surface area contributed by atoms with Crippen molar-refractivity contribution in [2.24, 2.45) is 0 Å². The Bertz CT molecular complexity index is 311. The zero-order chi connectivity index (χ0) is 10.4. The Balaban J connectivity index is 2.53. The predicted octanol–water partition coefficient (Wildman–Crippen LogP) is 1.26. The normalized spacial score (nSPS) is 9.21. The Kier molecular flexibility index (Phi) is 3.67. The fourth-order valence-electron chi connectivity index (χ4n) is 0.909. The molecule has 1 aromatic carbocycles. The minimum absolute atomic E-state index is 0.0291. The zero-order valence-electron chi connectivity index (χ0n) is 7.86. The number of carbonyl (C=O) groups is 1. The fraction of sp³-hybridized carbons (Fsp3) is 0.200. The quantitative estimate of drug-likeness (QED) is 0.781. The number of nitrogens with zero attached hydrogens (tertiary/aromatic N) is 1. The smallest absolute Gasteiger partial charge is 0.320 e. The van der Waals surface area contributed by atoms with Crippen molar-refractivity contribution in [3.05, 3.63) is 30.3 Å². The number of benzene rings is 1. The summed E-state index contributed by atoms with van der Waals surface area (Å²) >= 11 is 0. The molecule has 0 aromatic heterocycles. The van der Waals surface area contributed by atoms with Gasteiger partial charge in [-0.25, -0.2) is 4.79 Å². The molecule has 0 atom stereocenters. The van der Waals surface area contributed by atoms with E-state index in [0.717, 1.165) is 0 Å². The number of hydrogen-bond donors (Lipinski definition) is 1. The molecule has 4 heteroatoms. The van der Waals surface area contributed by atoms with Gasteiger partial charge in [-0.1, -0.05) is 18.2 Å². The van der Waals surface area contributed by atoms with Crippen LogP contribution in [-0.2, 0) is 4.79 Å². The molecule has 0 spiro atoms. The molecular weight excluding hydrogens is 180 g/mol. The van der Waals surface area contributed by atoms with Crippen LogP contribution in [0.4, 0.5) is 10.5 Å². The van der Waals surface area contributed by atoms with Gasteiger partial charge in [0.2, 0.25) is 6.29 Å². The lowest BCUT2D eigenvalue weighted by atomic mass is 10.3. The summed E-state index contributed by atoms with van der Waals surface area (Å²) in [4.78, 5) is 22.6.